The van der Waals surface area contributed by atoms with Gasteiger partial charge in [0.05, 0.1) is 5.75 Å². The van der Waals surface area contributed by atoms with Crippen LogP contribution in [0.5, 0.6) is 0 Å². The van der Waals surface area contributed by atoms with Gasteiger partial charge in [0.25, 0.3) is 0 Å². The number of pyridine rings is 1. The van der Waals surface area contributed by atoms with Gasteiger partial charge in [-0.2, -0.15) is 0 Å². The summed E-state index contributed by atoms with van der Waals surface area (Å²) in [6, 6.07) is 13.1. The molecular weight excluding hydrogens is 258 g/mol. The molecule has 0 radical (unpaired) electrons. The van der Waals surface area contributed by atoms with Crippen LogP contribution in [0.25, 0.3) is 6.08 Å². The number of aromatic nitrogens is 1. The second-order valence-corrected chi connectivity index (χ2v) is 6.20. The molecule has 0 spiro atoms. The minimum Gasteiger partial charge on any atom is -0.264 e. The van der Waals surface area contributed by atoms with E-state index in [1.54, 1.807) is 18.5 Å². The molecule has 0 amide bonds. The van der Waals surface area contributed by atoms with Crippen LogP contribution in [0.15, 0.2) is 60.3 Å². The Labute approximate surface area is 113 Å². The predicted molar refractivity (Wildman–Crippen MR) is 77.2 cm³/mol. The first-order valence-corrected chi connectivity index (χ1v) is 7.72. The molecule has 0 aliphatic carbocycles. The van der Waals surface area contributed by atoms with E-state index in [0.717, 1.165) is 11.1 Å². The highest BCUT2D eigenvalue weighted by molar-refractivity contribution is 7.94. The van der Waals surface area contributed by atoms with Crippen molar-refractivity contribution >= 4 is 15.9 Å². The summed E-state index contributed by atoms with van der Waals surface area (Å²) in [7, 11) is -3.19. The topological polar surface area (TPSA) is 47.0 Å². The van der Waals surface area contributed by atoms with Crippen LogP contribution in [0.1, 0.15) is 11.1 Å². The third-order valence-electron chi connectivity index (χ3n) is 2.67. The Morgan fingerprint density at radius 1 is 1.05 bits per heavy atom. The van der Waals surface area contributed by atoms with Crippen molar-refractivity contribution in [2.24, 2.45) is 0 Å². The van der Waals surface area contributed by atoms with E-state index >= 15 is 0 Å². The Morgan fingerprint density at radius 2 is 1.84 bits per heavy atom. The minimum absolute atomic E-state index is 0.0992. The highest BCUT2D eigenvalue weighted by Gasteiger charge is 2.06. The van der Waals surface area contributed by atoms with Crippen LogP contribution in [-0.2, 0) is 16.3 Å². The summed E-state index contributed by atoms with van der Waals surface area (Å²) < 4.78 is 23.7. The minimum atomic E-state index is -3.19. The number of nitrogens with zero attached hydrogens (tertiary/aromatic N) is 1. The average Bonchev–Trinajstić information content (AvgIpc) is 2.46. The Hall–Kier alpha value is -1.94. The molecule has 0 N–H and O–H groups in total. The van der Waals surface area contributed by atoms with Crippen molar-refractivity contribution in [1.29, 1.82) is 0 Å². The molecule has 3 nitrogen and oxygen atoms in total. The number of hydrogen-bond acceptors (Lipinski definition) is 3. The molecule has 19 heavy (non-hydrogen) atoms. The number of aryl methyl sites for hydroxylation is 1. The lowest BCUT2D eigenvalue weighted by Crippen LogP contribution is -2.05. The highest BCUT2D eigenvalue weighted by atomic mass is 32.2. The monoisotopic (exact) mass is 273 g/mol. The van der Waals surface area contributed by atoms with Gasteiger partial charge in [-0.1, -0.05) is 36.4 Å². The average molecular weight is 273 g/mol. The first kappa shape index (κ1) is 13.5. The molecule has 0 fully saturated rings. The zero-order valence-electron chi connectivity index (χ0n) is 10.4. The summed E-state index contributed by atoms with van der Waals surface area (Å²) in [6.45, 7) is 0. The number of benzene rings is 1. The van der Waals surface area contributed by atoms with E-state index in [2.05, 4.69) is 4.98 Å². The van der Waals surface area contributed by atoms with Crippen molar-refractivity contribution in [3.63, 3.8) is 0 Å². The van der Waals surface area contributed by atoms with Gasteiger partial charge >= 0.3 is 0 Å². The van der Waals surface area contributed by atoms with Crippen molar-refractivity contribution in [2.75, 3.05) is 5.75 Å². The van der Waals surface area contributed by atoms with Gasteiger partial charge in [0.15, 0.2) is 9.84 Å². The molecule has 4 heteroatoms. The molecule has 0 unspecified atom stereocenters. The number of sulfone groups is 1. The fourth-order valence-electron chi connectivity index (χ4n) is 1.62. The lowest BCUT2D eigenvalue weighted by atomic mass is 10.2. The molecule has 0 bridgehead atoms. The summed E-state index contributed by atoms with van der Waals surface area (Å²) in [5, 5.41) is 1.28. The summed E-state index contributed by atoms with van der Waals surface area (Å²) in [4.78, 5) is 3.97. The molecule has 2 rings (SSSR count). The molecule has 0 saturated heterocycles. The Bertz CT molecular complexity index is 634. The standard InChI is InChI=1S/C15H15NO2S/c17-19(18,11-8-14-5-2-1-3-6-14)12-9-15-7-4-10-16-13-15/h1-8,10-11,13H,9,12H2. The van der Waals surface area contributed by atoms with E-state index in [4.69, 9.17) is 0 Å². The van der Waals surface area contributed by atoms with Gasteiger partial charge in [0.1, 0.15) is 0 Å². The molecule has 98 valence electrons. The highest BCUT2D eigenvalue weighted by Crippen LogP contribution is 2.06. The fraction of sp³-hybridized carbons (Fsp3) is 0.133. The van der Waals surface area contributed by atoms with Crippen LogP contribution in [0.4, 0.5) is 0 Å². The van der Waals surface area contributed by atoms with Crippen molar-refractivity contribution in [1.82, 2.24) is 4.98 Å². The molecule has 0 saturated carbocycles. The summed E-state index contributed by atoms with van der Waals surface area (Å²) in [5.74, 6) is 0.0992. The third-order valence-corrected chi connectivity index (χ3v) is 3.99. The second-order valence-electron chi connectivity index (χ2n) is 4.19. The third kappa shape index (κ3) is 4.67. The Kier molecular flexibility index (Phi) is 4.47. The van der Waals surface area contributed by atoms with Gasteiger partial charge in [0, 0.05) is 17.8 Å². The quantitative estimate of drug-likeness (QED) is 0.841. The molecule has 0 aliphatic heterocycles. The van der Waals surface area contributed by atoms with E-state index in [-0.39, 0.29) is 5.75 Å². The summed E-state index contributed by atoms with van der Waals surface area (Å²) >= 11 is 0. The molecule has 1 aromatic carbocycles. The molecular formula is C15H15NO2S. The maximum Gasteiger partial charge on any atom is 0.171 e. The second kappa shape index (κ2) is 6.29. The first-order valence-electron chi connectivity index (χ1n) is 6.00. The van der Waals surface area contributed by atoms with Crippen LogP contribution in [-0.4, -0.2) is 19.2 Å². The smallest absolute Gasteiger partial charge is 0.171 e. The zero-order chi connectivity index (χ0) is 13.6. The number of rotatable bonds is 5. The zero-order valence-corrected chi connectivity index (χ0v) is 11.3. The maximum absolute atomic E-state index is 11.9. The normalized spacial score (nSPS) is 11.8. The van der Waals surface area contributed by atoms with Gasteiger partial charge in [-0.3, -0.25) is 4.98 Å². The number of hydrogen-bond donors (Lipinski definition) is 0. The fourth-order valence-corrected chi connectivity index (χ4v) is 2.64. The lowest BCUT2D eigenvalue weighted by molar-refractivity contribution is 0.604. The van der Waals surface area contributed by atoms with Gasteiger partial charge < -0.3 is 0 Å². The van der Waals surface area contributed by atoms with Crippen LogP contribution in [0.3, 0.4) is 0 Å². The predicted octanol–water partition coefficient (Wildman–Crippen LogP) is 2.71. The Morgan fingerprint density at radius 3 is 2.53 bits per heavy atom. The van der Waals surface area contributed by atoms with Gasteiger partial charge in [-0.25, -0.2) is 8.42 Å². The van der Waals surface area contributed by atoms with Crippen LogP contribution in [0.2, 0.25) is 0 Å². The van der Waals surface area contributed by atoms with Crippen LogP contribution in [0, 0.1) is 0 Å². The van der Waals surface area contributed by atoms with Crippen molar-refractivity contribution in [2.45, 2.75) is 6.42 Å². The van der Waals surface area contributed by atoms with Crippen molar-refractivity contribution in [3.05, 3.63) is 71.4 Å². The van der Waals surface area contributed by atoms with E-state index < -0.39 is 9.84 Å². The maximum atomic E-state index is 11.9. The van der Waals surface area contributed by atoms with E-state index in [9.17, 15) is 8.42 Å². The van der Waals surface area contributed by atoms with Gasteiger partial charge in [0.2, 0.25) is 0 Å². The summed E-state index contributed by atoms with van der Waals surface area (Å²) in [6.07, 6.45) is 5.47. The molecule has 2 aromatic rings. The van der Waals surface area contributed by atoms with Gasteiger partial charge in [-0.05, 0) is 29.7 Å². The van der Waals surface area contributed by atoms with Gasteiger partial charge in [-0.15, -0.1) is 0 Å². The SMILES string of the molecule is O=S(=O)(C=Cc1ccccc1)CCc1cccnc1. The lowest BCUT2D eigenvalue weighted by Gasteiger charge is -1.99. The van der Waals surface area contributed by atoms with Crippen molar-refractivity contribution in [3.8, 4) is 0 Å². The molecule has 1 aromatic heterocycles. The molecule has 1 heterocycles. The van der Waals surface area contributed by atoms with Crippen LogP contribution < -0.4 is 0 Å². The van der Waals surface area contributed by atoms with E-state index in [1.165, 1.54) is 5.41 Å². The van der Waals surface area contributed by atoms with Crippen LogP contribution >= 0.6 is 0 Å². The van der Waals surface area contributed by atoms with E-state index in [1.807, 2.05) is 42.5 Å². The summed E-state index contributed by atoms with van der Waals surface area (Å²) in [5.41, 5.74) is 1.81. The van der Waals surface area contributed by atoms with E-state index in [0.29, 0.717) is 6.42 Å². The molecule has 0 aliphatic rings. The molecule has 0 atom stereocenters. The Balaban J connectivity index is 1.98. The first-order chi connectivity index (χ1) is 9.16. The largest absolute Gasteiger partial charge is 0.264 e. The van der Waals surface area contributed by atoms with Crippen molar-refractivity contribution < 1.29 is 8.42 Å².